The molecule has 1 aromatic rings. The van der Waals surface area contributed by atoms with Crippen molar-refractivity contribution < 1.29 is 14.6 Å². The summed E-state index contributed by atoms with van der Waals surface area (Å²) >= 11 is 3.38. The number of aliphatic hydroxyl groups excluding tert-OH is 1. The Bertz CT molecular complexity index is 481. The van der Waals surface area contributed by atoms with Gasteiger partial charge >= 0.3 is 6.03 Å². The fraction of sp³-hybridized carbons (Fsp3) is 0.500. The summed E-state index contributed by atoms with van der Waals surface area (Å²) in [5, 5.41) is 15.3. The molecule has 1 aliphatic rings. The van der Waals surface area contributed by atoms with Crippen molar-refractivity contribution in [3.8, 4) is 5.75 Å². The molecule has 0 aliphatic heterocycles. The Balaban J connectivity index is 1.87. The van der Waals surface area contributed by atoms with E-state index < -0.39 is 0 Å². The van der Waals surface area contributed by atoms with Gasteiger partial charge < -0.3 is 20.5 Å². The van der Waals surface area contributed by atoms with Crippen molar-refractivity contribution in [2.75, 3.05) is 19.0 Å². The van der Waals surface area contributed by atoms with Crippen LogP contribution in [0.25, 0.3) is 0 Å². The number of urea groups is 1. The van der Waals surface area contributed by atoms with Gasteiger partial charge in [0.2, 0.25) is 0 Å². The molecule has 1 aromatic carbocycles. The number of benzene rings is 1. The van der Waals surface area contributed by atoms with Crippen LogP contribution in [0.4, 0.5) is 10.5 Å². The molecule has 0 radical (unpaired) electrons. The lowest BCUT2D eigenvalue weighted by molar-refractivity contribution is 0.133. The molecule has 3 N–H and O–H groups in total. The number of carbonyl (C=O) groups excluding carboxylic acids is 1. The highest BCUT2D eigenvalue weighted by Crippen LogP contribution is 2.27. The Morgan fingerprint density at radius 1 is 1.50 bits per heavy atom. The highest BCUT2D eigenvalue weighted by molar-refractivity contribution is 9.10. The molecule has 0 heterocycles. The lowest BCUT2D eigenvalue weighted by atomic mass is 10.1. The average molecular weight is 343 g/mol. The van der Waals surface area contributed by atoms with Crippen LogP contribution in [-0.4, -0.2) is 30.9 Å². The molecule has 0 aromatic heterocycles. The number of aliphatic hydroxyl groups is 1. The highest BCUT2D eigenvalue weighted by Gasteiger charge is 2.25. The Labute approximate surface area is 126 Å². The molecule has 0 saturated heterocycles. The lowest BCUT2D eigenvalue weighted by Gasteiger charge is -2.16. The van der Waals surface area contributed by atoms with E-state index >= 15 is 0 Å². The van der Waals surface area contributed by atoms with Gasteiger partial charge in [-0.25, -0.2) is 4.79 Å². The van der Waals surface area contributed by atoms with Gasteiger partial charge in [0.15, 0.2) is 0 Å². The first-order valence-electron chi connectivity index (χ1n) is 6.66. The van der Waals surface area contributed by atoms with E-state index in [1.807, 2.05) is 12.1 Å². The maximum atomic E-state index is 11.9. The van der Waals surface area contributed by atoms with Crippen LogP contribution in [0.5, 0.6) is 5.75 Å². The van der Waals surface area contributed by atoms with E-state index in [9.17, 15) is 9.90 Å². The van der Waals surface area contributed by atoms with Crippen LogP contribution in [0.15, 0.2) is 22.7 Å². The molecule has 0 bridgehead atoms. The Kier molecular flexibility index (Phi) is 5.25. The molecule has 2 rings (SSSR count). The molecule has 6 heteroatoms. The minimum Gasteiger partial charge on any atom is -0.497 e. The molecular formula is C14H19BrN2O3. The third-order valence-electron chi connectivity index (χ3n) is 3.57. The van der Waals surface area contributed by atoms with Crippen molar-refractivity contribution in [2.24, 2.45) is 5.92 Å². The van der Waals surface area contributed by atoms with Crippen LogP contribution in [0.3, 0.4) is 0 Å². The van der Waals surface area contributed by atoms with Crippen molar-refractivity contribution in [3.63, 3.8) is 0 Å². The molecule has 5 nitrogen and oxygen atoms in total. The molecule has 2 amide bonds. The van der Waals surface area contributed by atoms with E-state index in [4.69, 9.17) is 4.74 Å². The summed E-state index contributed by atoms with van der Waals surface area (Å²) in [5.74, 6) is 0.837. The van der Waals surface area contributed by atoms with E-state index in [1.165, 1.54) is 0 Å². The minimum atomic E-state index is -0.293. The second-order valence-corrected chi connectivity index (χ2v) is 5.79. The second kappa shape index (κ2) is 6.95. The number of hydrogen-bond donors (Lipinski definition) is 3. The minimum absolute atomic E-state index is 0.162. The van der Waals surface area contributed by atoms with E-state index in [1.54, 1.807) is 13.2 Å². The summed E-state index contributed by atoms with van der Waals surface area (Å²) in [5.41, 5.74) is 0.647. The quantitative estimate of drug-likeness (QED) is 0.787. The Morgan fingerprint density at radius 2 is 2.30 bits per heavy atom. The number of halogens is 1. The number of nitrogens with one attached hydrogen (secondary N) is 2. The zero-order chi connectivity index (χ0) is 14.5. The van der Waals surface area contributed by atoms with Crippen LogP contribution in [0.1, 0.15) is 19.3 Å². The second-order valence-electron chi connectivity index (χ2n) is 4.94. The van der Waals surface area contributed by atoms with E-state index in [2.05, 4.69) is 26.6 Å². The fourth-order valence-corrected chi connectivity index (χ4v) is 2.72. The molecule has 1 saturated carbocycles. The molecular weight excluding hydrogens is 324 g/mol. The van der Waals surface area contributed by atoms with Gasteiger partial charge in [0.25, 0.3) is 0 Å². The van der Waals surface area contributed by atoms with Gasteiger partial charge in [-0.1, -0.05) is 6.42 Å². The standard InChI is InChI=1S/C14H19BrN2O3/c1-20-10-5-6-11(15)12(7-10)17-14(19)16-8-9-3-2-4-13(9)18/h5-7,9,13,18H,2-4,8H2,1H3,(H2,16,17,19)/t9-,13+/m1/s1. The first-order chi connectivity index (χ1) is 9.60. The van der Waals surface area contributed by atoms with Gasteiger partial charge in [-0.05, 0) is 40.9 Å². The fourth-order valence-electron chi connectivity index (χ4n) is 2.37. The molecule has 0 spiro atoms. The van der Waals surface area contributed by atoms with Gasteiger partial charge in [-0.2, -0.15) is 0 Å². The van der Waals surface area contributed by atoms with Crippen molar-refractivity contribution in [1.29, 1.82) is 0 Å². The lowest BCUT2D eigenvalue weighted by Crippen LogP contribution is -2.35. The van der Waals surface area contributed by atoms with Gasteiger partial charge in [0.1, 0.15) is 5.75 Å². The summed E-state index contributed by atoms with van der Waals surface area (Å²) in [4.78, 5) is 11.9. The molecule has 20 heavy (non-hydrogen) atoms. The summed E-state index contributed by atoms with van der Waals surface area (Å²) in [7, 11) is 1.58. The van der Waals surface area contributed by atoms with Crippen LogP contribution in [0, 0.1) is 5.92 Å². The summed E-state index contributed by atoms with van der Waals surface area (Å²) in [6.45, 7) is 0.495. The largest absolute Gasteiger partial charge is 0.497 e. The van der Waals surface area contributed by atoms with E-state index in [-0.39, 0.29) is 18.1 Å². The predicted octanol–water partition coefficient (Wildman–Crippen LogP) is 2.74. The summed E-state index contributed by atoms with van der Waals surface area (Å²) < 4.78 is 5.91. The zero-order valence-corrected chi connectivity index (χ0v) is 12.9. The number of carbonyl (C=O) groups is 1. The number of hydrogen-bond acceptors (Lipinski definition) is 3. The molecule has 0 unspecified atom stereocenters. The van der Waals surface area contributed by atoms with E-state index in [0.29, 0.717) is 18.0 Å². The van der Waals surface area contributed by atoms with Crippen molar-refractivity contribution in [2.45, 2.75) is 25.4 Å². The number of ether oxygens (including phenoxy) is 1. The molecule has 1 aliphatic carbocycles. The van der Waals surface area contributed by atoms with Gasteiger partial charge in [0.05, 0.1) is 18.9 Å². The van der Waals surface area contributed by atoms with Crippen molar-refractivity contribution in [1.82, 2.24) is 5.32 Å². The van der Waals surface area contributed by atoms with Crippen LogP contribution in [-0.2, 0) is 0 Å². The van der Waals surface area contributed by atoms with Crippen molar-refractivity contribution in [3.05, 3.63) is 22.7 Å². The Morgan fingerprint density at radius 3 is 2.95 bits per heavy atom. The predicted molar refractivity (Wildman–Crippen MR) is 81.1 cm³/mol. The Hall–Kier alpha value is -1.27. The maximum absolute atomic E-state index is 11.9. The highest BCUT2D eigenvalue weighted by atomic mass is 79.9. The maximum Gasteiger partial charge on any atom is 0.319 e. The average Bonchev–Trinajstić information content (AvgIpc) is 2.84. The molecule has 1 fully saturated rings. The normalized spacial score (nSPS) is 21.6. The van der Waals surface area contributed by atoms with Gasteiger partial charge in [0, 0.05) is 23.0 Å². The SMILES string of the molecule is COc1ccc(Br)c(NC(=O)NC[C@H]2CCC[C@@H]2O)c1. The van der Waals surface area contributed by atoms with Crippen LogP contribution in [0.2, 0.25) is 0 Å². The van der Waals surface area contributed by atoms with Crippen molar-refractivity contribution >= 4 is 27.6 Å². The van der Waals surface area contributed by atoms with Gasteiger partial charge in [-0.3, -0.25) is 0 Å². The first-order valence-corrected chi connectivity index (χ1v) is 7.46. The molecule has 110 valence electrons. The first kappa shape index (κ1) is 15.1. The smallest absolute Gasteiger partial charge is 0.319 e. The van der Waals surface area contributed by atoms with Gasteiger partial charge in [-0.15, -0.1) is 0 Å². The number of methoxy groups -OCH3 is 1. The third-order valence-corrected chi connectivity index (χ3v) is 4.26. The molecule has 2 atom stereocenters. The van der Waals surface area contributed by atoms with Crippen LogP contribution < -0.4 is 15.4 Å². The van der Waals surface area contributed by atoms with E-state index in [0.717, 1.165) is 23.7 Å². The number of rotatable bonds is 4. The number of anilines is 1. The third kappa shape index (κ3) is 3.86. The summed E-state index contributed by atoms with van der Waals surface area (Å²) in [6.07, 6.45) is 2.52. The monoisotopic (exact) mass is 342 g/mol. The zero-order valence-electron chi connectivity index (χ0n) is 11.4. The van der Waals surface area contributed by atoms with Crippen LogP contribution >= 0.6 is 15.9 Å². The number of amides is 2. The summed E-state index contributed by atoms with van der Waals surface area (Å²) in [6, 6.07) is 5.09. The topological polar surface area (TPSA) is 70.6 Å².